The minimum Gasteiger partial charge on any atom is -0.378 e. The third-order valence-electron chi connectivity index (χ3n) is 7.14. The predicted octanol–water partition coefficient (Wildman–Crippen LogP) is 4.77. The minimum absolute atomic E-state index is 0.221. The van der Waals surface area contributed by atoms with Gasteiger partial charge < -0.3 is 14.6 Å². The highest BCUT2D eigenvalue weighted by atomic mass is 16.6. The molecular weight excluding hydrogens is 300 g/mol. The molecule has 1 N–H and O–H groups in total. The molecular formula is C21H38O3. The van der Waals surface area contributed by atoms with Crippen molar-refractivity contribution >= 4 is 0 Å². The van der Waals surface area contributed by atoms with Gasteiger partial charge in [-0.3, -0.25) is 0 Å². The smallest absolute Gasteiger partial charge is 0.157 e. The van der Waals surface area contributed by atoms with Gasteiger partial charge in [0.25, 0.3) is 0 Å². The number of fused-ring (bicyclic) bond motifs is 1. The number of hydrogen-bond donors (Lipinski definition) is 1. The lowest BCUT2D eigenvalue weighted by molar-refractivity contribution is -0.164. The van der Waals surface area contributed by atoms with Crippen LogP contribution in [0.1, 0.15) is 78.1 Å². The molecule has 24 heavy (non-hydrogen) atoms. The molecule has 1 heterocycles. The van der Waals surface area contributed by atoms with E-state index in [1.165, 1.54) is 64.2 Å². The topological polar surface area (TPSA) is 38.7 Å². The van der Waals surface area contributed by atoms with Gasteiger partial charge in [-0.15, -0.1) is 0 Å². The third-order valence-corrected chi connectivity index (χ3v) is 7.14. The van der Waals surface area contributed by atoms with Gasteiger partial charge in [0, 0.05) is 5.92 Å². The third kappa shape index (κ3) is 4.74. The standard InChI is InChI=1S/C21H38O3/c1-15-11-12-18-9-6-10-19(20(18)14-23-15)16(2)21(22)24-13-17-7-4-3-5-8-17/h15-22H,3-14H2,1-2H3. The van der Waals surface area contributed by atoms with Crippen molar-refractivity contribution in [3.05, 3.63) is 0 Å². The van der Waals surface area contributed by atoms with E-state index in [4.69, 9.17) is 9.47 Å². The Balaban J connectivity index is 1.52. The number of ether oxygens (including phenoxy) is 2. The Morgan fingerprint density at radius 1 is 1.00 bits per heavy atom. The summed E-state index contributed by atoms with van der Waals surface area (Å²) in [7, 11) is 0. The summed E-state index contributed by atoms with van der Waals surface area (Å²) in [5.41, 5.74) is 0. The zero-order chi connectivity index (χ0) is 16.9. The van der Waals surface area contributed by atoms with Gasteiger partial charge in [0.15, 0.2) is 6.29 Å². The number of aliphatic hydroxyl groups excluding tert-OH is 1. The molecule has 0 aromatic rings. The molecule has 6 unspecified atom stereocenters. The van der Waals surface area contributed by atoms with Crippen molar-refractivity contribution in [2.75, 3.05) is 13.2 Å². The van der Waals surface area contributed by atoms with Crippen LogP contribution in [0.5, 0.6) is 0 Å². The van der Waals surface area contributed by atoms with E-state index >= 15 is 0 Å². The van der Waals surface area contributed by atoms with E-state index in [2.05, 4.69) is 13.8 Å². The molecule has 0 aromatic heterocycles. The Labute approximate surface area is 148 Å². The van der Waals surface area contributed by atoms with Crippen molar-refractivity contribution in [1.82, 2.24) is 0 Å². The van der Waals surface area contributed by atoms with Crippen molar-refractivity contribution < 1.29 is 14.6 Å². The summed E-state index contributed by atoms with van der Waals surface area (Å²) in [4.78, 5) is 0. The van der Waals surface area contributed by atoms with E-state index in [0.717, 1.165) is 19.1 Å². The van der Waals surface area contributed by atoms with Crippen LogP contribution in [-0.4, -0.2) is 30.7 Å². The lowest BCUT2D eigenvalue weighted by atomic mass is 9.66. The Kier molecular flexibility index (Phi) is 7.00. The molecule has 3 nitrogen and oxygen atoms in total. The van der Waals surface area contributed by atoms with Crippen LogP contribution in [0.4, 0.5) is 0 Å². The molecule has 0 spiro atoms. The average Bonchev–Trinajstić information content (AvgIpc) is 2.81. The molecule has 0 bridgehead atoms. The van der Waals surface area contributed by atoms with Crippen LogP contribution in [-0.2, 0) is 9.47 Å². The second-order valence-corrected chi connectivity index (χ2v) is 8.83. The maximum absolute atomic E-state index is 10.7. The quantitative estimate of drug-likeness (QED) is 0.734. The van der Waals surface area contributed by atoms with Crippen LogP contribution >= 0.6 is 0 Å². The molecule has 0 radical (unpaired) electrons. The highest BCUT2D eigenvalue weighted by Gasteiger charge is 2.40. The van der Waals surface area contributed by atoms with Gasteiger partial charge in [0.05, 0.1) is 19.3 Å². The number of aliphatic hydroxyl groups is 1. The summed E-state index contributed by atoms with van der Waals surface area (Å²) in [5, 5.41) is 10.7. The molecule has 3 fully saturated rings. The SMILES string of the molecule is CC1CCC2CCCC(C(C)C(O)OCC3CCCCC3)C2CO1. The maximum Gasteiger partial charge on any atom is 0.157 e. The molecule has 3 heteroatoms. The normalized spacial score (nSPS) is 38.1. The zero-order valence-electron chi connectivity index (χ0n) is 15.8. The summed E-state index contributed by atoms with van der Waals surface area (Å²) in [6, 6.07) is 0. The van der Waals surface area contributed by atoms with E-state index in [9.17, 15) is 5.11 Å². The van der Waals surface area contributed by atoms with E-state index in [1.807, 2.05) is 0 Å². The number of rotatable bonds is 5. The van der Waals surface area contributed by atoms with E-state index < -0.39 is 6.29 Å². The van der Waals surface area contributed by atoms with Crippen molar-refractivity contribution in [2.24, 2.45) is 29.6 Å². The monoisotopic (exact) mass is 338 g/mol. The Bertz CT molecular complexity index is 366. The maximum atomic E-state index is 10.7. The number of hydrogen-bond acceptors (Lipinski definition) is 3. The molecule has 140 valence electrons. The van der Waals surface area contributed by atoms with Crippen LogP contribution in [0.15, 0.2) is 0 Å². The molecule has 3 aliphatic rings. The summed E-state index contributed by atoms with van der Waals surface area (Å²) in [6.45, 7) is 6.04. The van der Waals surface area contributed by atoms with Crippen molar-refractivity contribution in [3.63, 3.8) is 0 Å². The minimum atomic E-state index is -0.601. The largest absolute Gasteiger partial charge is 0.378 e. The Hall–Kier alpha value is -0.120. The van der Waals surface area contributed by atoms with Gasteiger partial charge in [-0.05, 0) is 62.7 Å². The van der Waals surface area contributed by atoms with E-state index in [-0.39, 0.29) is 5.92 Å². The lowest BCUT2D eigenvalue weighted by Gasteiger charge is -2.41. The summed E-state index contributed by atoms with van der Waals surface area (Å²) >= 11 is 0. The fourth-order valence-corrected chi connectivity index (χ4v) is 5.42. The van der Waals surface area contributed by atoms with Gasteiger partial charge in [-0.1, -0.05) is 39.0 Å². The van der Waals surface area contributed by atoms with Crippen LogP contribution < -0.4 is 0 Å². The van der Waals surface area contributed by atoms with Crippen LogP contribution in [0, 0.1) is 29.6 Å². The molecule has 1 saturated heterocycles. The highest BCUT2D eigenvalue weighted by molar-refractivity contribution is 4.87. The molecule has 0 aromatic carbocycles. The Morgan fingerprint density at radius 2 is 1.79 bits per heavy atom. The molecule has 0 amide bonds. The van der Waals surface area contributed by atoms with E-state index in [1.54, 1.807) is 0 Å². The first kappa shape index (κ1) is 18.7. The van der Waals surface area contributed by atoms with Crippen molar-refractivity contribution in [1.29, 1.82) is 0 Å². The predicted molar refractivity (Wildman–Crippen MR) is 96.7 cm³/mol. The van der Waals surface area contributed by atoms with Gasteiger partial charge in [-0.2, -0.15) is 0 Å². The average molecular weight is 339 g/mol. The van der Waals surface area contributed by atoms with Crippen molar-refractivity contribution in [3.8, 4) is 0 Å². The fraction of sp³-hybridized carbons (Fsp3) is 1.00. The van der Waals surface area contributed by atoms with Gasteiger partial charge >= 0.3 is 0 Å². The van der Waals surface area contributed by atoms with Crippen LogP contribution in [0.25, 0.3) is 0 Å². The van der Waals surface area contributed by atoms with Gasteiger partial charge in [0.1, 0.15) is 0 Å². The second-order valence-electron chi connectivity index (χ2n) is 8.83. The molecule has 3 rings (SSSR count). The van der Waals surface area contributed by atoms with Crippen LogP contribution in [0.2, 0.25) is 0 Å². The van der Waals surface area contributed by atoms with Gasteiger partial charge in [-0.25, -0.2) is 0 Å². The molecule has 2 aliphatic carbocycles. The highest BCUT2D eigenvalue weighted by Crippen LogP contribution is 2.44. The fourth-order valence-electron chi connectivity index (χ4n) is 5.42. The second kappa shape index (κ2) is 9.00. The van der Waals surface area contributed by atoms with Crippen LogP contribution in [0.3, 0.4) is 0 Å². The van der Waals surface area contributed by atoms with Crippen molar-refractivity contribution in [2.45, 2.75) is 90.4 Å². The molecule has 1 aliphatic heterocycles. The first-order chi connectivity index (χ1) is 11.6. The lowest BCUT2D eigenvalue weighted by Crippen LogP contribution is -2.39. The Morgan fingerprint density at radius 3 is 2.58 bits per heavy atom. The summed E-state index contributed by atoms with van der Waals surface area (Å²) < 4.78 is 12.0. The zero-order valence-corrected chi connectivity index (χ0v) is 15.8. The molecule has 6 atom stereocenters. The summed E-state index contributed by atoms with van der Waals surface area (Å²) in [5.74, 6) is 2.85. The first-order valence-electron chi connectivity index (χ1n) is 10.6. The molecule has 2 saturated carbocycles. The van der Waals surface area contributed by atoms with E-state index in [0.29, 0.717) is 23.9 Å². The van der Waals surface area contributed by atoms with Gasteiger partial charge in [0.2, 0.25) is 0 Å². The first-order valence-corrected chi connectivity index (χ1v) is 10.6. The summed E-state index contributed by atoms with van der Waals surface area (Å²) in [6.07, 6.45) is 12.8.